The molecule has 0 aliphatic rings. The molecule has 0 fully saturated rings. The second-order valence-electron chi connectivity index (χ2n) is 6.38. The highest BCUT2D eigenvalue weighted by Crippen LogP contribution is 2.25. The first-order valence-corrected chi connectivity index (χ1v) is 10.6. The van der Waals surface area contributed by atoms with Crippen molar-refractivity contribution in [1.82, 2.24) is 10.3 Å². The summed E-state index contributed by atoms with van der Waals surface area (Å²) in [5.41, 5.74) is -0.0357. The molecule has 3 rings (SSSR count). The van der Waals surface area contributed by atoms with Crippen molar-refractivity contribution in [3.63, 3.8) is 0 Å². The van der Waals surface area contributed by atoms with E-state index in [1.165, 1.54) is 54.7 Å². The van der Waals surface area contributed by atoms with Crippen molar-refractivity contribution < 1.29 is 17.6 Å². The number of sulfonamides is 1. The Morgan fingerprint density at radius 1 is 1.23 bits per heavy atom. The number of benzene rings is 2. The quantitative estimate of drug-likeness (QED) is 0.564. The molecule has 0 atom stereocenters. The highest BCUT2D eigenvalue weighted by molar-refractivity contribution is 7.92. The molecular formula is C21H20FN3O4S. The number of carbonyl (C=O) groups excluding carboxylic acids is 1. The Labute approximate surface area is 172 Å². The number of aromatic amines is 1. The van der Waals surface area contributed by atoms with E-state index in [1.807, 2.05) is 0 Å². The second-order valence-corrected chi connectivity index (χ2v) is 8.25. The molecule has 7 nitrogen and oxygen atoms in total. The van der Waals surface area contributed by atoms with Gasteiger partial charge < -0.3 is 10.3 Å². The number of aromatic nitrogens is 1. The number of H-pyrrole nitrogens is 1. The Bertz CT molecular complexity index is 1270. The van der Waals surface area contributed by atoms with Crippen molar-refractivity contribution in [2.45, 2.75) is 11.8 Å². The van der Waals surface area contributed by atoms with Crippen LogP contribution < -0.4 is 15.1 Å². The standard InChI is InChI=1S/C21H20FN3O4S/c1-3-11-23-21(27)18-13-24-19-10-9-16(12-17(19)20(18)26)30(28,29)25(4-2)15-7-5-14(22)6-8-15/h3,5-10,12-13H,1,4,11H2,2H3,(H,23,27)(H,24,26). The van der Waals surface area contributed by atoms with Crippen LogP contribution in [0.5, 0.6) is 0 Å². The number of hydrogen-bond donors (Lipinski definition) is 2. The molecule has 2 aromatic carbocycles. The molecule has 0 aliphatic carbocycles. The van der Waals surface area contributed by atoms with Gasteiger partial charge in [-0.15, -0.1) is 6.58 Å². The van der Waals surface area contributed by atoms with Crippen LogP contribution in [0.15, 0.2) is 71.0 Å². The van der Waals surface area contributed by atoms with Crippen molar-refractivity contribution in [2.75, 3.05) is 17.4 Å². The van der Waals surface area contributed by atoms with Crippen LogP contribution in [0.4, 0.5) is 10.1 Å². The summed E-state index contributed by atoms with van der Waals surface area (Å²) < 4.78 is 40.7. The van der Waals surface area contributed by atoms with Gasteiger partial charge in [0.15, 0.2) is 0 Å². The predicted octanol–water partition coefficient (Wildman–Crippen LogP) is 2.80. The summed E-state index contributed by atoms with van der Waals surface area (Å²) in [5, 5.41) is 2.59. The number of anilines is 1. The number of amides is 1. The maximum atomic E-state index is 13.2. The molecule has 0 spiro atoms. The maximum Gasteiger partial charge on any atom is 0.264 e. The second kappa shape index (κ2) is 8.50. The van der Waals surface area contributed by atoms with E-state index >= 15 is 0 Å². The molecule has 1 heterocycles. The van der Waals surface area contributed by atoms with Gasteiger partial charge in [-0.05, 0) is 49.4 Å². The highest BCUT2D eigenvalue weighted by atomic mass is 32.2. The monoisotopic (exact) mass is 429 g/mol. The largest absolute Gasteiger partial charge is 0.360 e. The third-order valence-electron chi connectivity index (χ3n) is 4.49. The lowest BCUT2D eigenvalue weighted by Crippen LogP contribution is -2.31. The SMILES string of the molecule is C=CCNC(=O)c1c[nH]c2ccc(S(=O)(=O)N(CC)c3ccc(F)cc3)cc2c1=O. The van der Waals surface area contributed by atoms with Crippen molar-refractivity contribution in [3.8, 4) is 0 Å². The molecule has 9 heteroatoms. The first kappa shape index (κ1) is 21.3. The number of nitrogens with zero attached hydrogens (tertiary/aromatic N) is 1. The van der Waals surface area contributed by atoms with Crippen LogP contribution in [0.2, 0.25) is 0 Å². The number of carbonyl (C=O) groups is 1. The average Bonchev–Trinajstić information content (AvgIpc) is 2.73. The van der Waals surface area contributed by atoms with Gasteiger partial charge in [0.05, 0.1) is 10.6 Å². The number of pyridine rings is 1. The highest BCUT2D eigenvalue weighted by Gasteiger charge is 2.25. The topological polar surface area (TPSA) is 99.3 Å². The number of nitrogens with one attached hydrogen (secondary N) is 2. The van der Waals surface area contributed by atoms with Gasteiger partial charge in [0.2, 0.25) is 5.43 Å². The van der Waals surface area contributed by atoms with Crippen LogP contribution in [0.25, 0.3) is 10.9 Å². The molecule has 1 aromatic heterocycles. The average molecular weight is 429 g/mol. The van der Waals surface area contributed by atoms with Crippen LogP contribution >= 0.6 is 0 Å². The molecular weight excluding hydrogens is 409 g/mol. The summed E-state index contributed by atoms with van der Waals surface area (Å²) >= 11 is 0. The third-order valence-corrected chi connectivity index (χ3v) is 6.39. The zero-order valence-electron chi connectivity index (χ0n) is 16.2. The lowest BCUT2D eigenvalue weighted by atomic mass is 10.1. The summed E-state index contributed by atoms with van der Waals surface area (Å²) in [5.74, 6) is -1.07. The van der Waals surface area contributed by atoms with Crippen LogP contribution in [0.3, 0.4) is 0 Å². The summed E-state index contributed by atoms with van der Waals surface area (Å²) in [4.78, 5) is 27.7. The fourth-order valence-corrected chi connectivity index (χ4v) is 4.51. The van der Waals surface area contributed by atoms with Crippen LogP contribution in [0.1, 0.15) is 17.3 Å². The minimum absolute atomic E-state index is 0.0671. The Kier molecular flexibility index (Phi) is 6.02. The van der Waals surface area contributed by atoms with Crippen molar-refractivity contribution in [1.29, 1.82) is 0 Å². The van der Waals surface area contributed by atoms with Gasteiger partial charge in [0.1, 0.15) is 11.4 Å². The van der Waals surface area contributed by atoms with Gasteiger partial charge in [-0.1, -0.05) is 6.08 Å². The van der Waals surface area contributed by atoms with Crippen molar-refractivity contribution in [2.24, 2.45) is 0 Å². The number of hydrogen-bond acceptors (Lipinski definition) is 4. The summed E-state index contributed by atoms with van der Waals surface area (Å²) in [7, 11) is -4.03. The van der Waals surface area contributed by atoms with Crippen LogP contribution in [-0.4, -0.2) is 32.4 Å². The minimum Gasteiger partial charge on any atom is -0.360 e. The van der Waals surface area contributed by atoms with E-state index in [9.17, 15) is 22.4 Å². The fourth-order valence-electron chi connectivity index (χ4n) is 3.01. The zero-order valence-corrected chi connectivity index (χ0v) is 17.0. The van der Waals surface area contributed by atoms with Gasteiger partial charge >= 0.3 is 0 Å². The normalized spacial score (nSPS) is 11.3. The molecule has 0 saturated heterocycles. The maximum absolute atomic E-state index is 13.2. The fraction of sp³-hybridized carbons (Fsp3) is 0.143. The Balaban J connectivity index is 2.09. The molecule has 2 N–H and O–H groups in total. The lowest BCUT2D eigenvalue weighted by molar-refractivity contribution is 0.0957. The van der Waals surface area contributed by atoms with E-state index < -0.39 is 27.2 Å². The van der Waals surface area contributed by atoms with Crippen molar-refractivity contribution >= 4 is 32.5 Å². The van der Waals surface area contributed by atoms with Crippen LogP contribution in [0, 0.1) is 5.82 Å². The lowest BCUT2D eigenvalue weighted by Gasteiger charge is -2.23. The van der Waals surface area contributed by atoms with Gasteiger partial charge in [0, 0.05) is 30.2 Å². The number of halogens is 1. The van der Waals surface area contributed by atoms with Crippen LogP contribution in [-0.2, 0) is 10.0 Å². The Hall–Kier alpha value is -3.46. The minimum atomic E-state index is -4.03. The molecule has 1 amide bonds. The first-order chi connectivity index (χ1) is 14.3. The smallest absolute Gasteiger partial charge is 0.264 e. The predicted molar refractivity (Wildman–Crippen MR) is 114 cm³/mol. The van der Waals surface area contributed by atoms with Gasteiger partial charge in [0.25, 0.3) is 15.9 Å². The van der Waals surface area contributed by atoms with E-state index in [-0.39, 0.29) is 28.9 Å². The molecule has 0 bridgehead atoms. The molecule has 0 saturated carbocycles. The molecule has 156 valence electrons. The van der Waals surface area contributed by atoms with Crippen molar-refractivity contribution in [3.05, 3.63) is 82.9 Å². The summed E-state index contributed by atoms with van der Waals surface area (Å²) in [6, 6.07) is 9.16. The van der Waals surface area contributed by atoms with E-state index in [0.29, 0.717) is 11.2 Å². The number of fused-ring (bicyclic) bond motifs is 1. The Morgan fingerprint density at radius 2 is 1.93 bits per heavy atom. The van der Waals surface area contributed by atoms with E-state index in [2.05, 4.69) is 16.9 Å². The summed E-state index contributed by atoms with van der Waals surface area (Å²) in [6.07, 6.45) is 2.76. The molecule has 0 unspecified atom stereocenters. The third kappa shape index (κ3) is 3.97. The zero-order chi connectivity index (χ0) is 21.9. The molecule has 3 aromatic rings. The van der Waals surface area contributed by atoms with Gasteiger partial charge in [-0.2, -0.15) is 0 Å². The Morgan fingerprint density at radius 3 is 2.57 bits per heavy atom. The van der Waals surface area contributed by atoms with Gasteiger partial charge in [-0.25, -0.2) is 12.8 Å². The summed E-state index contributed by atoms with van der Waals surface area (Å²) in [6.45, 7) is 5.44. The van der Waals surface area contributed by atoms with E-state index in [4.69, 9.17) is 0 Å². The molecule has 30 heavy (non-hydrogen) atoms. The van der Waals surface area contributed by atoms with E-state index in [0.717, 1.165) is 4.31 Å². The molecule has 0 radical (unpaired) electrons. The number of rotatable bonds is 7. The first-order valence-electron chi connectivity index (χ1n) is 9.12. The molecule has 0 aliphatic heterocycles. The van der Waals surface area contributed by atoms with E-state index in [1.54, 1.807) is 6.92 Å². The van der Waals surface area contributed by atoms with Gasteiger partial charge in [-0.3, -0.25) is 13.9 Å².